The molecule has 36 heavy (non-hydrogen) atoms. The van der Waals surface area contributed by atoms with E-state index in [4.69, 9.17) is 0 Å². The molecule has 0 spiro atoms. The van der Waals surface area contributed by atoms with Crippen LogP contribution < -0.4 is 10.2 Å². The van der Waals surface area contributed by atoms with Crippen LogP contribution in [-0.2, 0) is 11.3 Å². The number of aromatic nitrogens is 1. The molecule has 2 aliphatic carbocycles. The number of benzene rings is 3. The van der Waals surface area contributed by atoms with Crippen molar-refractivity contribution in [1.29, 1.82) is 0 Å². The van der Waals surface area contributed by atoms with E-state index in [-0.39, 0.29) is 23.2 Å². The molecule has 2 heterocycles. The number of hydrogen-bond acceptors (Lipinski definition) is 4. The van der Waals surface area contributed by atoms with Crippen molar-refractivity contribution in [3.05, 3.63) is 91.3 Å². The summed E-state index contributed by atoms with van der Waals surface area (Å²) in [6, 6.07) is 22.6. The van der Waals surface area contributed by atoms with Crippen molar-refractivity contribution in [2.45, 2.75) is 42.0 Å². The fourth-order valence-corrected chi connectivity index (χ4v) is 10.3. The van der Waals surface area contributed by atoms with Gasteiger partial charge in [0, 0.05) is 26.2 Å². The van der Waals surface area contributed by atoms with Crippen LogP contribution in [0.5, 0.6) is 0 Å². The van der Waals surface area contributed by atoms with E-state index in [0.29, 0.717) is 17.1 Å². The molecule has 7 heteroatoms. The molecule has 5 atom stereocenters. The van der Waals surface area contributed by atoms with Crippen molar-refractivity contribution >= 4 is 61.4 Å². The van der Waals surface area contributed by atoms with Gasteiger partial charge in [0.2, 0.25) is 5.91 Å². The molecule has 3 aromatic carbocycles. The predicted molar refractivity (Wildman–Crippen MR) is 151 cm³/mol. The van der Waals surface area contributed by atoms with Crippen molar-refractivity contribution in [1.82, 2.24) is 4.57 Å². The van der Waals surface area contributed by atoms with Gasteiger partial charge in [-0.3, -0.25) is 14.2 Å². The standard InChI is InChI=1S/C29H25BrN2O2S2/c30-21-7-3-6-18(13-21)25-24-19-8-9-20(12-19)26(24)35-28-27(25)36-29(34)32(28)15-23(33)31-22-11-10-16-4-1-2-5-17(16)14-22/h1-7,10-11,13-14,19-20,24-26H,8-9,12,15H2,(H,31,33)/t19?,20?,24?,25-,26?/m0/s1. The Hall–Kier alpha value is -2.35. The van der Waals surface area contributed by atoms with Crippen LogP contribution in [0.3, 0.4) is 0 Å². The first-order chi connectivity index (χ1) is 17.5. The van der Waals surface area contributed by atoms with Crippen molar-refractivity contribution in [3.8, 4) is 0 Å². The minimum absolute atomic E-state index is 0.0338. The van der Waals surface area contributed by atoms with Gasteiger partial charge in [0.05, 0.1) is 5.03 Å². The summed E-state index contributed by atoms with van der Waals surface area (Å²) in [5.41, 5.74) is 2.03. The summed E-state index contributed by atoms with van der Waals surface area (Å²) in [6.45, 7) is 0.0428. The first-order valence-corrected chi connectivity index (χ1v) is 15.0. The van der Waals surface area contributed by atoms with Gasteiger partial charge in [-0.2, -0.15) is 0 Å². The molecule has 182 valence electrons. The van der Waals surface area contributed by atoms with E-state index in [0.717, 1.165) is 36.8 Å². The van der Waals surface area contributed by atoms with E-state index < -0.39 is 0 Å². The second kappa shape index (κ2) is 8.89. The Morgan fingerprint density at radius 2 is 1.83 bits per heavy atom. The zero-order valence-electron chi connectivity index (χ0n) is 19.5. The Balaban J connectivity index is 1.23. The molecule has 0 saturated heterocycles. The smallest absolute Gasteiger partial charge is 0.308 e. The van der Waals surface area contributed by atoms with Gasteiger partial charge in [-0.25, -0.2) is 0 Å². The molecular weight excluding hydrogens is 552 g/mol. The molecule has 2 fully saturated rings. The Bertz CT molecular complexity index is 1560. The van der Waals surface area contributed by atoms with Gasteiger partial charge in [-0.05, 0) is 77.6 Å². The Kier molecular flexibility index (Phi) is 5.64. The van der Waals surface area contributed by atoms with Crippen LogP contribution in [0.1, 0.15) is 35.6 Å². The van der Waals surface area contributed by atoms with Crippen LogP contribution in [0.2, 0.25) is 0 Å². The third-order valence-electron chi connectivity index (χ3n) is 8.23. The molecule has 1 N–H and O–H groups in total. The van der Waals surface area contributed by atoms with Crippen LogP contribution in [0, 0.1) is 17.8 Å². The average Bonchev–Trinajstić information content (AvgIpc) is 3.57. The third kappa shape index (κ3) is 3.78. The lowest BCUT2D eigenvalue weighted by Crippen LogP contribution is -2.34. The molecule has 1 amide bonds. The van der Waals surface area contributed by atoms with Crippen molar-refractivity contribution in [3.63, 3.8) is 0 Å². The van der Waals surface area contributed by atoms with Crippen molar-refractivity contribution < 1.29 is 4.79 Å². The van der Waals surface area contributed by atoms with E-state index in [1.807, 2.05) is 48.2 Å². The number of anilines is 1. The van der Waals surface area contributed by atoms with E-state index >= 15 is 0 Å². The van der Waals surface area contributed by atoms with Gasteiger partial charge >= 0.3 is 4.87 Å². The van der Waals surface area contributed by atoms with E-state index in [1.165, 1.54) is 36.2 Å². The predicted octanol–water partition coefficient (Wildman–Crippen LogP) is 7.12. The second-order valence-corrected chi connectivity index (χ2v) is 13.3. The molecule has 1 aromatic heterocycles. The average molecular weight is 578 g/mol. The van der Waals surface area contributed by atoms with E-state index in [9.17, 15) is 9.59 Å². The van der Waals surface area contributed by atoms with Crippen LogP contribution in [0.15, 0.2) is 81.0 Å². The third-order valence-corrected chi connectivity index (χ3v) is 11.6. The Morgan fingerprint density at radius 1 is 1.00 bits per heavy atom. The number of hydrogen-bond donors (Lipinski definition) is 1. The molecule has 1 aliphatic heterocycles. The maximum absolute atomic E-state index is 13.3. The van der Waals surface area contributed by atoms with E-state index in [2.05, 4.69) is 51.6 Å². The molecule has 4 aromatic rings. The normalized spacial score (nSPS) is 26.1. The van der Waals surface area contributed by atoms with Crippen LogP contribution >= 0.6 is 39.0 Å². The highest BCUT2D eigenvalue weighted by atomic mass is 79.9. The second-order valence-electron chi connectivity index (χ2n) is 10.3. The monoisotopic (exact) mass is 576 g/mol. The molecule has 2 saturated carbocycles. The van der Waals surface area contributed by atoms with Gasteiger partial charge in [0.25, 0.3) is 0 Å². The number of carbonyl (C=O) groups excluding carboxylic acids is 1. The van der Waals surface area contributed by atoms with Gasteiger partial charge in [-0.15, -0.1) is 11.8 Å². The number of nitrogens with one attached hydrogen (secondary N) is 1. The van der Waals surface area contributed by atoms with Crippen molar-refractivity contribution in [2.75, 3.05) is 5.32 Å². The van der Waals surface area contributed by atoms with E-state index in [1.54, 1.807) is 4.57 Å². The number of carbonyl (C=O) groups is 1. The summed E-state index contributed by atoms with van der Waals surface area (Å²) in [5.74, 6) is 2.06. The molecule has 0 radical (unpaired) electrons. The highest BCUT2D eigenvalue weighted by Gasteiger charge is 2.55. The zero-order valence-corrected chi connectivity index (χ0v) is 22.7. The number of amides is 1. The summed E-state index contributed by atoms with van der Waals surface area (Å²) in [4.78, 5) is 27.5. The molecule has 2 bridgehead atoms. The van der Waals surface area contributed by atoms with Gasteiger partial charge in [-0.1, -0.05) is 69.7 Å². The quantitative estimate of drug-likeness (QED) is 0.281. The first kappa shape index (κ1) is 22.8. The van der Waals surface area contributed by atoms with Crippen LogP contribution in [0.25, 0.3) is 10.8 Å². The fraction of sp³-hybridized carbons (Fsp3) is 0.310. The largest absolute Gasteiger partial charge is 0.325 e. The van der Waals surface area contributed by atoms with Crippen LogP contribution in [-0.4, -0.2) is 15.7 Å². The van der Waals surface area contributed by atoms with Crippen molar-refractivity contribution in [2.24, 2.45) is 17.8 Å². The summed E-state index contributed by atoms with van der Waals surface area (Å²) in [7, 11) is 0. The zero-order chi connectivity index (χ0) is 24.4. The number of nitrogens with zero attached hydrogens (tertiary/aromatic N) is 1. The van der Waals surface area contributed by atoms with Gasteiger partial charge < -0.3 is 5.32 Å². The molecule has 7 rings (SSSR count). The first-order valence-electron chi connectivity index (χ1n) is 12.5. The molecule has 3 aliphatic rings. The summed E-state index contributed by atoms with van der Waals surface area (Å²) in [6.07, 6.45) is 3.89. The topological polar surface area (TPSA) is 51.1 Å². The summed E-state index contributed by atoms with van der Waals surface area (Å²) in [5, 5.41) is 6.76. The lowest BCUT2D eigenvalue weighted by molar-refractivity contribution is -0.116. The minimum atomic E-state index is -0.164. The van der Waals surface area contributed by atoms with Crippen LogP contribution in [0.4, 0.5) is 5.69 Å². The SMILES string of the molecule is O=C(Cn1c2c(sc1=O)[C@@H](c1cccc(Br)c1)C1C3CCC(C3)C1S2)Nc1ccc2ccccc2c1. The number of thiazole rings is 1. The summed E-state index contributed by atoms with van der Waals surface area (Å²) < 4.78 is 2.80. The number of rotatable bonds is 4. The van der Waals surface area contributed by atoms with Gasteiger partial charge in [0.15, 0.2) is 0 Å². The lowest BCUT2D eigenvalue weighted by atomic mass is 9.75. The highest BCUT2D eigenvalue weighted by Crippen LogP contribution is 2.64. The summed E-state index contributed by atoms with van der Waals surface area (Å²) >= 11 is 6.88. The minimum Gasteiger partial charge on any atom is -0.325 e. The molecule has 4 nitrogen and oxygen atoms in total. The maximum atomic E-state index is 13.3. The Labute approximate surface area is 226 Å². The molecule has 4 unspecified atom stereocenters. The number of halogens is 1. The number of fused-ring (bicyclic) bond motifs is 7. The fourth-order valence-electron chi connectivity index (χ4n) is 6.77. The Morgan fingerprint density at radius 3 is 2.69 bits per heavy atom. The van der Waals surface area contributed by atoms with Gasteiger partial charge in [0.1, 0.15) is 6.54 Å². The maximum Gasteiger partial charge on any atom is 0.308 e. The molecular formula is C29H25BrN2O2S2. The highest BCUT2D eigenvalue weighted by molar-refractivity contribution is 9.10. The number of thioether (sulfide) groups is 1. The lowest BCUT2D eigenvalue weighted by Gasteiger charge is -2.40.